The van der Waals surface area contributed by atoms with E-state index in [0.29, 0.717) is 17.9 Å². The van der Waals surface area contributed by atoms with E-state index in [1.54, 1.807) is 6.92 Å². The van der Waals surface area contributed by atoms with Crippen LogP contribution in [0.15, 0.2) is 11.3 Å². The van der Waals surface area contributed by atoms with Crippen LogP contribution in [0, 0.1) is 17.8 Å². The highest BCUT2D eigenvalue weighted by Crippen LogP contribution is 2.45. The zero-order chi connectivity index (χ0) is 13.3. The highest BCUT2D eigenvalue weighted by atomic mass is 16.6. The third-order valence-corrected chi connectivity index (χ3v) is 3.71. The molecule has 0 amide bonds. The highest BCUT2D eigenvalue weighted by Gasteiger charge is 2.44. The summed E-state index contributed by atoms with van der Waals surface area (Å²) in [4.78, 5) is 23.9. The fraction of sp³-hybridized carbons (Fsp3) is 0.714. The first kappa shape index (κ1) is 13.1. The van der Waals surface area contributed by atoms with Crippen LogP contribution in [-0.4, -0.2) is 18.5 Å². The lowest BCUT2D eigenvalue weighted by Crippen LogP contribution is -2.34. The summed E-state index contributed by atoms with van der Waals surface area (Å²) in [7, 11) is 0. The molecule has 0 radical (unpaired) electrons. The maximum absolute atomic E-state index is 12.1. The van der Waals surface area contributed by atoms with E-state index >= 15 is 0 Å². The molecular formula is C14H20O4. The van der Waals surface area contributed by atoms with Crippen LogP contribution in [0.3, 0.4) is 0 Å². The van der Waals surface area contributed by atoms with Crippen molar-refractivity contribution in [2.75, 3.05) is 6.61 Å². The average Bonchev–Trinajstić information content (AvgIpc) is 3.16. The monoisotopic (exact) mass is 252 g/mol. The minimum atomic E-state index is -0.314. The molecule has 2 aliphatic rings. The summed E-state index contributed by atoms with van der Waals surface area (Å²) in [6, 6.07) is 0. The van der Waals surface area contributed by atoms with Crippen molar-refractivity contribution in [1.82, 2.24) is 0 Å². The normalized spacial score (nSPS) is 28.1. The van der Waals surface area contributed by atoms with E-state index in [4.69, 9.17) is 9.47 Å². The lowest BCUT2D eigenvalue weighted by Gasteiger charge is -2.30. The SMILES string of the molecule is CCOC(=O)C1=C(C2CC2)OC(=O)[C@H](C)[C@H]1CC. The second-order valence-corrected chi connectivity index (χ2v) is 5.00. The molecule has 0 bridgehead atoms. The smallest absolute Gasteiger partial charge is 0.337 e. The van der Waals surface area contributed by atoms with Crippen LogP contribution in [0.4, 0.5) is 0 Å². The van der Waals surface area contributed by atoms with Gasteiger partial charge in [0.05, 0.1) is 18.1 Å². The molecule has 0 saturated heterocycles. The molecule has 100 valence electrons. The predicted octanol–water partition coefficient (Wildman–Crippen LogP) is 2.43. The molecule has 0 aromatic carbocycles. The summed E-state index contributed by atoms with van der Waals surface area (Å²) in [5.74, 6) is -0.0292. The molecule has 2 rings (SSSR count). The van der Waals surface area contributed by atoms with Gasteiger partial charge < -0.3 is 9.47 Å². The van der Waals surface area contributed by atoms with Gasteiger partial charge in [-0.3, -0.25) is 4.79 Å². The molecule has 1 aliphatic heterocycles. The molecule has 0 unspecified atom stereocenters. The maximum atomic E-state index is 12.1. The molecule has 1 heterocycles. The van der Waals surface area contributed by atoms with Crippen LogP contribution in [0.2, 0.25) is 0 Å². The van der Waals surface area contributed by atoms with Gasteiger partial charge in [0.1, 0.15) is 5.76 Å². The van der Waals surface area contributed by atoms with Crippen molar-refractivity contribution in [3.05, 3.63) is 11.3 Å². The number of cyclic esters (lactones) is 1. The highest BCUT2D eigenvalue weighted by molar-refractivity contribution is 5.93. The Kier molecular flexibility index (Phi) is 3.73. The standard InChI is InChI=1S/C14H20O4/c1-4-10-8(3)13(15)18-12(9-6-7-9)11(10)14(16)17-5-2/h8-10H,4-7H2,1-3H3/t8-,10-/m1/s1. The van der Waals surface area contributed by atoms with Crippen LogP contribution < -0.4 is 0 Å². The maximum Gasteiger partial charge on any atom is 0.337 e. The number of hydrogen-bond donors (Lipinski definition) is 0. The molecular weight excluding hydrogens is 232 g/mol. The quantitative estimate of drug-likeness (QED) is 0.721. The van der Waals surface area contributed by atoms with Crippen molar-refractivity contribution in [3.63, 3.8) is 0 Å². The van der Waals surface area contributed by atoms with Gasteiger partial charge in [0, 0.05) is 11.8 Å². The van der Waals surface area contributed by atoms with Crippen LogP contribution in [-0.2, 0) is 19.1 Å². The molecule has 1 saturated carbocycles. The van der Waals surface area contributed by atoms with Gasteiger partial charge in [0.15, 0.2) is 0 Å². The van der Waals surface area contributed by atoms with Crippen molar-refractivity contribution in [2.45, 2.75) is 40.0 Å². The number of allylic oxidation sites excluding steroid dienone is 1. The van der Waals surface area contributed by atoms with Crippen molar-refractivity contribution >= 4 is 11.9 Å². The summed E-state index contributed by atoms with van der Waals surface area (Å²) < 4.78 is 10.5. The Labute approximate surface area is 107 Å². The van der Waals surface area contributed by atoms with Crippen molar-refractivity contribution in [1.29, 1.82) is 0 Å². The van der Waals surface area contributed by atoms with E-state index in [0.717, 1.165) is 19.3 Å². The van der Waals surface area contributed by atoms with E-state index in [2.05, 4.69) is 0 Å². The number of hydrogen-bond acceptors (Lipinski definition) is 4. The van der Waals surface area contributed by atoms with Gasteiger partial charge in [0.25, 0.3) is 0 Å². The number of carbonyl (C=O) groups is 2. The number of carbonyl (C=O) groups excluding carboxylic acids is 2. The zero-order valence-corrected chi connectivity index (χ0v) is 11.2. The first-order chi connectivity index (χ1) is 8.60. The average molecular weight is 252 g/mol. The third kappa shape index (κ3) is 2.28. The Morgan fingerprint density at radius 1 is 1.39 bits per heavy atom. The van der Waals surface area contributed by atoms with Gasteiger partial charge in [-0.15, -0.1) is 0 Å². The van der Waals surface area contributed by atoms with Crippen LogP contribution in [0.25, 0.3) is 0 Å². The van der Waals surface area contributed by atoms with Gasteiger partial charge >= 0.3 is 11.9 Å². The van der Waals surface area contributed by atoms with Crippen LogP contribution in [0.1, 0.15) is 40.0 Å². The molecule has 0 spiro atoms. The number of rotatable bonds is 4. The lowest BCUT2D eigenvalue weighted by atomic mass is 9.81. The van der Waals surface area contributed by atoms with Gasteiger partial charge in [-0.25, -0.2) is 4.79 Å². The molecule has 18 heavy (non-hydrogen) atoms. The molecule has 0 N–H and O–H groups in total. The Balaban J connectivity index is 2.38. The van der Waals surface area contributed by atoms with Gasteiger partial charge in [-0.05, 0) is 26.2 Å². The molecule has 4 nitrogen and oxygen atoms in total. The van der Waals surface area contributed by atoms with Crippen LogP contribution in [0.5, 0.6) is 0 Å². The number of esters is 2. The summed E-state index contributed by atoms with van der Waals surface area (Å²) in [5, 5.41) is 0. The fourth-order valence-electron chi connectivity index (χ4n) is 2.52. The molecule has 1 aliphatic carbocycles. The fourth-order valence-corrected chi connectivity index (χ4v) is 2.52. The van der Waals surface area contributed by atoms with E-state index in [9.17, 15) is 9.59 Å². The Morgan fingerprint density at radius 3 is 2.56 bits per heavy atom. The van der Waals surface area contributed by atoms with E-state index in [1.165, 1.54) is 0 Å². The molecule has 1 fully saturated rings. The van der Waals surface area contributed by atoms with Gasteiger partial charge in [0.2, 0.25) is 0 Å². The Hall–Kier alpha value is -1.32. The predicted molar refractivity (Wildman–Crippen MR) is 65.4 cm³/mol. The molecule has 0 aromatic heterocycles. The van der Waals surface area contributed by atoms with Crippen molar-refractivity contribution in [3.8, 4) is 0 Å². The minimum absolute atomic E-state index is 0.0686. The summed E-state index contributed by atoms with van der Waals surface area (Å²) >= 11 is 0. The molecule has 0 aromatic rings. The first-order valence-corrected chi connectivity index (χ1v) is 6.72. The first-order valence-electron chi connectivity index (χ1n) is 6.72. The minimum Gasteiger partial charge on any atom is -0.463 e. The van der Waals surface area contributed by atoms with E-state index in [1.807, 2.05) is 13.8 Å². The van der Waals surface area contributed by atoms with Gasteiger partial charge in [-0.1, -0.05) is 13.8 Å². The van der Waals surface area contributed by atoms with Crippen LogP contribution >= 0.6 is 0 Å². The number of ether oxygens (including phenoxy) is 2. The van der Waals surface area contributed by atoms with Gasteiger partial charge in [-0.2, -0.15) is 0 Å². The topological polar surface area (TPSA) is 52.6 Å². The Morgan fingerprint density at radius 2 is 2.06 bits per heavy atom. The Bertz CT molecular complexity index is 393. The molecule has 2 atom stereocenters. The lowest BCUT2D eigenvalue weighted by molar-refractivity contribution is -0.150. The van der Waals surface area contributed by atoms with E-state index in [-0.39, 0.29) is 29.7 Å². The summed E-state index contributed by atoms with van der Waals surface area (Å²) in [6.45, 7) is 5.94. The summed E-state index contributed by atoms with van der Waals surface area (Å²) in [6.07, 6.45) is 2.74. The van der Waals surface area contributed by atoms with E-state index < -0.39 is 0 Å². The van der Waals surface area contributed by atoms with Crippen molar-refractivity contribution in [2.24, 2.45) is 17.8 Å². The largest absolute Gasteiger partial charge is 0.463 e. The zero-order valence-electron chi connectivity index (χ0n) is 11.2. The van der Waals surface area contributed by atoms with Crippen molar-refractivity contribution < 1.29 is 19.1 Å². The second kappa shape index (κ2) is 5.12. The molecule has 4 heteroatoms. The summed E-state index contributed by atoms with van der Waals surface area (Å²) in [5.41, 5.74) is 0.606. The third-order valence-electron chi connectivity index (χ3n) is 3.71. The second-order valence-electron chi connectivity index (χ2n) is 5.00.